The number of aliphatic carboxylic acids is 1. The van der Waals surface area contributed by atoms with Crippen LogP contribution in [0, 0.1) is 5.82 Å². The van der Waals surface area contributed by atoms with E-state index >= 15 is 0 Å². The summed E-state index contributed by atoms with van der Waals surface area (Å²) in [7, 11) is 0. The summed E-state index contributed by atoms with van der Waals surface area (Å²) in [6.07, 6.45) is 1.73. The third kappa shape index (κ3) is 2.15. The van der Waals surface area contributed by atoms with Crippen LogP contribution in [0.1, 0.15) is 18.4 Å². The van der Waals surface area contributed by atoms with Crippen molar-refractivity contribution in [1.29, 1.82) is 0 Å². The highest BCUT2D eigenvalue weighted by atomic mass is 19.1. The molecular formula is C11H12FNO2. The lowest BCUT2D eigenvalue weighted by molar-refractivity contribution is -0.136. The second kappa shape index (κ2) is 3.62. The van der Waals surface area contributed by atoms with Gasteiger partial charge < -0.3 is 5.11 Å². The Labute approximate surface area is 86.9 Å². The first-order valence-corrected chi connectivity index (χ1v) is 4.85. The fourth-order valence-electron chi connectivity index (χ4n) is 1.72. The fourth-order valence-corrected chi connectivity index (χ4v) is 1.72. The molecule has 1 aliphatic rings. The van der Waals surface area contributed by atoms with Gasteiger partial charge in [0.1, 0.15) is 5.82 Å². The third-order valence-corrected chi connectivity index (χ3v) is 2.71. The van der Waals surface area contributed by atoms with Crippen molar-refractivity contribution in [3.63, 3.8) is 0 Å². The molecule has 15 heavy (non-hydrogen) atoms. The molecule has 0 bridgehead atoms. The number of carboxylic acids is 1. The molecule has 0 atom stereocenters. The van der Waals surface area contributed by atoms with Gasteiger partial charge in [0.25, 0.3) is 0 Å². The minimum atomic E-state index is -0.891. The Kier molecular flexibility index (Phi) is 2.44. The quantitative estimate of drug-likeness (QED) is 0.789. The van der Waals surface area contributed by atoms with Crippen molar-refractivity contribution >= 4 is 5.97 Å². The topological polar surface area (TPSA) is 49.3 Å². The summed E-state index contributed by atoms with van der Waals surface area (Å²) in [5, 5.41) is 11.5. The van der Waals surface area contributed by atoms with Crippen LogP contribution in [0.3, 0.4) is 0 Å². The summed E-state index contributed by atoms with van der Waals surface area (Å²) < 4.78 is 13.0. The number of halogens is 1. The third-order valence-electron chi connectivity index (χ3n) is 2.71. The fraction of sp³-hybridized carbons (Fsp3) is 0.364. The van der Waals surface area contributed by atoms with Crippen LogP contribution >= 0.6 is 0 Å². The van der Waals surface area contributed by atoms with Crippen LogP contribution in [0.25, 0.3) is 0 Å². The number of hydrogen-bond acceptors (Lipinski definition) is 2. The van der Waals surface area contributed by atoms with Gasteiger partial charge in [-0.3, -0.25) is 10.1 Å². The highest BCUT2D eigenvalue weighted by Gasteiger charge is 2.44. The second-order valence-corrected chi connectivity index (χ2v) is 3.84. The molecule has 0 amide bonds. The van der Waals surface area contributed by atoms with E-state index in [0.717, 1.165) is 18.4 Å². The van der Waals surface area contributed by atoms with E-state index in [4.69, 9.17) is 5.11 Å². The molecule has 0 radical (unpaired) electrons. The Bertz CT molecular complexity index is 388. The van der Waals surface area contributed by atoms with Crippen LogP contribution in [-0.2, 0) is 10.3 Å². The summed E-state index contributed by atoms with van der Waals surface area (Å²) in [5.74, 6) is -1.17. The van der Waals surface area contributed by atoms with E-state index in [-0.39, 0.29) is 17.9 Å². The van der Waals surface area contributed by atoms with E-state index in [9.17, 15) is 9.18 Å². The number of benzene rings is 1. The van der Waals surface area contributed by atoms with E-state index < -0.39 is 5.97 Å². The molecule has 0 saturated heterocycles. The Morgan fingerprint density at radius 3 is 2.80 bits per heavy atom. The van der Waals surface area contributed by atoms with E-state index in [0.29, 0.717) is 0 Å². The Morgan fingerprint density at radius 2 is 2.27 bits per heavy atom. The molecule has 1 saturated carbocycles. The zero-order valence-electron chi connectivity index (χ0n) is 8.16. The first kappa shape index (κ1) is 10.1. The smallest absolute Gasteiger partial charge is 0.317 e. The minimum Gasteiger partial charge on any atom is -0.480 e. The molecule has 0 unspecified atom stereocenters. The number of carbonyl (C=O) groups is 1. The number of rotatable bonds is 4. The predicted molar refractivity (Wildman–Crippen MR) is 53.0 cm³/mol. The summed E-state index contributed by atoms with van der Waals surface area (Å²) in [5.41, 5.74) is 0.532. The van der Waals surface area contributed by atoms with E-state index in [1.807, 2.05) is 6.07 Å². The molecule has 0 aliphatic heterocycles. The van der Waals surface area contributed by atoms with Crippen LogP contribution in [0.15, 0.2) is 24.3 Å². The predicted octanol–water partition coefficient (Wildman–Crippen LogP) is 1.49. The highest BCUT2D eigenvalue weighted by Crippen LogP contribution is 2.45. The zero-order valence-corrected chi connectivity index (χ0v) is 8.16. The van der Waals surface area contributed by atoms with Crippen molar-refractivity contribution in [2.75, 3.05) is 6.54 Å². The van der Waals surface area contributed by atoms with Gasteiger partial charge in [-0.05, 0) is 30.5 Å². The average Bonchev–Trinajstić information content (AvgIpc) is 2.96. The van der Waals surface area contributed by atoms with Gasteiger partial charge in [-0.25, -0.2) is 4.39 Å². The lowest BCUT2D eigenvalue weighted by Gasteiger charge is -2.16. The van der Waals surface area contributed by atoms with Gasteiger partial charge in [-0.15, -0.1) is 0 Å². The molecule has 3 nitrogen and oxygen atoms in total. The summed E-state index contributed by atoms with van der Waals surface area (Å²) in [4.78, 5) is 10.4. The van der Waals surface area contributed by atoms with Crippen molar-refractivity contribution in [3.8, 4) is 0 Å². The van der Waals surface area contributed by atoms with Crippen molar-refractivity contribution in [2.24, 2.45) is 0 Å². The molecule has 0 aromatic heterocycles. The molecule has 1 aromatic carbocycles. The van der Waals surface area contributed by atoms with Gasteiger partial charge in [0, 0.05) is 5.54 Å². The minimum absolute atomic E-state index is 0.0868. The maximum Gasteiger partial charge on any atom is 0.317 e. The summed E-state index contributed by atoms with van der Waals surface area (Å²) in [6, 6.07) is 6.32. The normalized spacial score (nSPS) is 17.4. The largest absolute Gasteiger partial charge is 0.480 e. The molecule has 0 spiro atoms. The lowest BCUT2D eigenvalue weighted by Crippen LogP contribution is -2.33. The van der Waals surface area contributed by atoms with Crippen LogP contribution in [-0.4, -0.2) is 17.6 Å². The van der Waals surface area contributed by atoms with E-state index in [2.05, 4.69) is 5.32 Å². The zero-order chi connectivity index (χ0) is 10.9. The first-order valence-electron chi connectivity index (χ1n) is 4.85. The van der Waals surface area contributed by atoms with E-state index in [1.54, 1.807) is 6.07 Å². The molecule has 1 aromatic rings. The Balaban J connectivity index is 2.12. The molecule has 0 heterocycles. The van der Waals surface area contributed by atoms with Crippen molar-refractivity contribution in [2.45, 2.75) is 18.4 Å². The standard InChI is InChI=1S/C11H12FNO2/c12-9-3-1-2-8(6-9)11(4-5-11)13-7-10(14)15/h1-3,6,13H,4-5,7H2,(H,14,15). The molecule has 2 rings (SSSR count). The SMILES string of the molecule is O=C(O)CNC1(c2cccc(F)c2)CC1. The van der Waals surface area contributed by atoms with Gasteiger partial charge in [0.15, 0.2) is 0 Å². The molecule has 4 heteroatoms. The molecular weight excluding hydrogens is 197 g/mol. The summed E-state index contributed by atoms with van der Waals surface area (Å²) >= 11 is 0. The van der Waals surface area contributed by atoms with Gasteiger partial charge >= 0.3 is 5.97 Å². The molecule has 1 aliphatic carbocycles. The molecule has 1 fully saturated rings. The van der Waals surface area contributed by atoms with Crippen molar-refractivity contribution in [3.05, 3.63) is 35.6 Å². The molecule has 2 N–H and O–H groups in total. The van der Waals surface area contributed by atoms with Gasteiger partial charge in [-0.1, -0.05) is 12.1 Å². The van der Waals surface area contributed by atoms with Crippen LogP contribution < -0.4 is 5.32 Å². The highest BCUT2D eigenvalue weighted by molar-refractivity contribution is 5.69. The van der Waals surface area contributed by atoms with Crippen LogP contribution in [0.5, 0.6) is 0 Å². The van der Waals surface area contributed by atoms with Crippen LogP contribution in [0.2, 0.25) is 0 Å². The van der Waals surface area contributed by atoms with E-state index in [1.165, 1.54) is 12.1 Å². The van der Waals surface area contributed by atoms with Crippen molar-refractivity contribution < 1.29 is 14.3 Å². The monoisotopic (exact) mass is 209 g/mol. The Morgan fingerprint density at radius 1 is 1.53 bits per heavy atom. The lowest BCUT2D eigenvalue weighted by atomic mass is 10.0. The van der Waals surface area contributed by atoms with Crippen molar-refractivity contribution in [1.82, 2.24) is 5.32 Å². The number of carboxylic acid groups (broad SMARTS) is 1. The number of hydrogen-bond donors (Lipinski definition) is 2. The van der Waals surface area contributed by atoms with Gasteiger partial charge in [0.2, 0.25) is 0 Å². The second-order valence-electron chi connectivity index (χ2n) is 3.84. The average molecular weight is 209 g/mol. The summed E-state index contributed by atoms with van der Waals surface area (Å²) in [6.45, 7) is -0.0868. The Hall–Kier alpha value is -1.42. The molecule has 80 valence electrons. The van der Waals surface area contributed by atoms with Crippen LogP contribution in [0.4, 0.5) is 4.39 Å². The number of nitrogens with one attached hydrogen (secondary N) is 1. The first-order chi connectivity index (χ1) is 7.12. The van der Waals surface area contributed by atoms with Gasteiger partial charge in [-0.2, -0.15) is 0 Å². The van der Waals surface area contributed by atoms with Gasteiger partial charge in [0.05, 0.1) is 6.54 Å². The maximum absolute atomic E-state index is 13.0. The maximum atomic E-state index is 13.0.